The molecule has 8 heterocycles. The number of hydrogen-bond donors (Lipinski definition) is 5. The molecule has 0 aromatic heterocycles. The summed E-state index contributed by atoms with van der Waals surface area (Å²) in [6, 6.07) is 63.9. The van der Waals surface area contributed by atoms with Crippen LogP contribution < -0.4 is 62.3 Å². The first-order chi connectivity index (χ1) is 69.7. The number of piperidine rings is 5. The highest BCUT2D eigenvalue weighted by molar-refractivity contribution is 8.13. The van der Waals surface area contributed by atoms with Crippen LogP contribution in [-0.4, -0.2) is 202 Å². The maximum absolute atomic E-state index is 13.2. The van der Waals surface area contributed by atoms with E-state index in [0.29, 0.717) is 70.4 Å². The van der Waals surface area contributed by atoms with Crippen LogP contribution in [0.15, 0.2) is 286 Å². The Bertz CT molecular complexity index is 7800. The topological polar surface area (TPSA) is 438 Å². The van der Waals surface area contributed by atoms with Crippen molar-refractivity contribution in [3.63, 3.8) is 0 Å². The first kappa shape index (κ1) is 110. The average molecular weight is 2220 g/mol. The molecule has 35 nitrogen and oxygen atoms in total. The van der Waals surface area contributed by atoms with E-state index in [4.69, 9.17) is 24.9 Å². The number of benzene rings is 11. The minimum absolute atomic E-state index is 0.0114. The van der Waals surface area contributed by atoms with Crippen LogP contribution in [0.5, 0.6) is 34.5 Å². The molecule has 8 aliphatic rings. The van der Waals surface area contributed by atoms with Gasteiger partial charge in [0, 0.05) is 147 Å². The molecule has 5 N–H and O–H groups in total. The summed E-state index contributed by atoms with van der Waals surface area (Å²) in [5.41, 5.74) is 7.43. The van der Waals surface area contributed by atoms with Crippen LogP contribution in [0.4, 0.5) is 56.9 Å². The number of carbonyl (C=O) groups is 1. The molecule has 0 amide bonds. The van der Waals surface area contributed by atoms with Gasteiger partial charge in [-0.15, -0.1) is 11.8 Å². The van der Waals surface area contributed by atoms with Crippen molar-refractivity contribution in [3.8, 4) is 34.5 Å². The SMILES string of the molecule is CC(=O)C1CCN(c2ccccc2NS(=O)(=O)c2ccc(S(=O)(=O)N(C)C)cc2)CC1.CC1CCN(c2ccccc2NS(=O)(=O)c2ccc(S(=O)(=O)N(C)C)cc2)CC1.CN(C)S(=O)(=O)c1ccc2c(c1)Oc1cccc(N3CCCCC3)c1NS2(=O)=O.O=S(=O)(Cl)c1ccc2c(c1)Oc1cccc(N3CCCCC3)c1NS2(=O)=O.O=S1(=O)Nc2c(cccc2N2CCCCC2)Oc2cc(SCc3ccccc3)ccc21. The van der Waals surface area contributed by atoms with Crippen molar-refractivity contribution < 1.29 is 94.8 Å². The number of ketones is 1. The number of anilines is 10. The van der Waals surface area contributed by atoms with Crippen LogP contribution in [0.1, 0.15) is 103 Å². The molecule has 0 saturated carbocycles. The zero-order chi connectivity index (χ0) is 105. The molecule has 0 spiro atoms. The molecule has 786 valence electrons. The lowest BCUT2D eigenvalue weighted by Crippen LogP contribution is -2.36. The fraction of sp³-hybridized carbons (Fsp3) is 0.337. The Kier molecular flexibility index (Phi) is 34.3. The van der Waals surface area contributed by atoms with Gasteiger partial charge in [-0.3, -0.25) is 28.4 Å². The number of sulfonamides is 8. The predicted octanol–water partition coefficient (Wildman–Crippen LogP) is 17.7. The molecule has 0 aliphatic carbocycles. The van der Waals surface area contributed by atoms with Gasteiger partial charge in [0.05, 0.1) is 69.2 Å². The van der Waals surface area contributed by atoms with E-state index in [2.05, 4.69) is 67.2 Å². The van der Waals surface area contributed by atoms with Gasteiger partial charge in [-0.25, -0.2) is 88.7 Å². The maximum Gasteiger partial charge on any atom is 0.265 e. The van der Waals surface area contributed by atoms with Crippen LogP contribution in [0.3, 0.4) is 0 Å². The Balaban J connectivity index is 0.000000138. The Morgan fingerprint density at radius 3 is 1.03 bits per heavy atom. The number of nitrogens with zero attached hydrogens (tertiary/aromatic N) is 8. The average Bonchev–Trinajstić information content (AvgIpc) is 1.64. The highest BCUT2D eigenvalue weighted by atomic mass is 35.7. The number of ether oxygens (including phenoxy) is 3. The summed E-state index contributed by atoms with van der Waals surface area (Å²) in [6.45, 7) is 12.1. The smallest absolute Gasteiger partial charge is 0.265 e. The number of nitrogens with one attached hydrogen (secondary N) is 5. The molecule has 0 atom stereocenters. The lowest BCUT2D eigenvalue weighted by atomic mass is 9.93. The van der Waals surface area contributed by atoms with E-state index in [0.717, 1.165) is 194 Å². The zero-order valence-corrected chi connectivity index (χ0v) is 91.1. The Hall–Kier alpha value is -11.4. The van der Waals surface area contributed by atoms with Crippen LogP contribution in [0.2, 0.25) is 0 Å². The van der Waals surface area contributed by atoms with Crippen molar-refractivity contribution in [1.29, 1.82) is 0 Å². The molecule has 0 radical (unpaired) electrons. The van der Waals surface area contributed by atoms with Crippen molar-refractivity contribution in [3.05, 3.63) is 242 Å². The summed E-state index contributed by atoms with van der Waals surface area (Å²) in [4.78, 5) is 23.1. The van der Waals surface area contributed by atoms with Crippen LogP contribution in [0.25, 0.3) is 0 Å². The first-order valence-electron chi connectivity index (χ1n) is 47.7. The molecule has 11 aromatic rings. The zero-order valence-electron chi connectivity index (χ0n) is 82.2. The number of para-hydroxylation sites is 7. The van der Waals surface area contributed by atoms with E-state index in [1.807, 2.05) is 91.0 Å². The molecule has 0 unspecified atom stereocenters. The van der Waals surface area contributed by atoms with E-state index in [-0.39, 0.29) is 67.3 Å². The number of carbonyl (C=O) groups excluding carboxylic acids is 1. The lowest BCUT2D eigenvalue weighted by Gasteiger charge is -2.33. The molecule has 5 saturated heterocycles. The Morgan fingerprint density at radius 1 is 0.354 bits per heavy atom. The third kappa shape index (κ3) is 26.0. The third-order valence-electron chi connectivity index (χ3n) is 26.1. The predicted molar refractivity (Wildman–Crippen MR) is 575 cm³/mol. The minimum Gasteiger partial charge on any atom is -0.454 e. The van der Waals surface area contributed by atoms with E-state index < -0.39 is 89.2 Å². The van der Waals surface area contributed by atoms with Crippen molar-refractivity contribution >= 4 is 174 Å². The number of rotatable bonds is 22. The van der Waals surface area contributed by atoms with Crippen LogP contribution in [0, 0.1) is 11.8 Å². The van der Waals surface area contributed by atoms with Gasteiger partial charge in [0.15, 0.2) is 17.2 Å². The lowest BCUT2D eigenvalue weighted by molar-refractivity contribution is -0.121. The van der Waals surface area contributed by atoms with Gasteiger partial charge < -0.3 is 38.7 Å². The number of halogens is 1. The van der Waals surface area contributed by atoms with Crippen LogP contribution >= 0.6 is 22.4 Å². The second kappa shape index (κ2) is 45.9. The largest absolute Gasteiger partial charge is 0.454 e. The molecule has 0 bridgehead atoms. The van der Waals surface area contributed by atoms with Crippen molar-refractivity contribution in [2.75, 3.05) is 156 Å². The van der Waals surface area contributed by atoms with Gasteiger partial charge in [0.1, 0.15) is 54.8 Å². The van der Waals surface area contributed by atoms with Gasteiger partial charge in [-0.1, -0.05) is 79.7 Å². The maximum atomic E-state index is 13.2. The monoisotopic (exact) mass is 2220 g/mol. The fourth-order valence-electron chi connectivity index (χ4n) is 17.8. The summed E-state index contributed by atoms with van der Waals surface area (Å²) in [6.07, 6.45) is 13.5. The summed E-state index contributed by atoms with van der Waals surface area (Å²) in [5, 5.41) is 0. The van der Waals surface area contributed by atoms with E-state index >= 15 is 0 Å². The number of fused-ring (bicyclic) bond motifs is 6. The van der Waals surface area contributed by atoms with E-state index in [9.17, 15) is 80.6 Å². The molecule has 5 fully saturated rings. The minimum atomic E-state index is -4.02. The second-order valence-corrected chi connectivity index (χ2v) is 55.2. The normalized spacial score (nSPS) is 17.1. The fourth-order valence-corrected chi connectivity index (χ4v) is 27.9. The molecular weight excluding hydrogens is 2100 g/mol. The first-order valence-corrected chi connectivity index (χ1v) is 62.7. The third-order valence-corrected chi connectivity index (χ3v) is 40.9. The number of thioether (sulfide) groups is 1. The van der Waals surface area contributed by atoms with Crippen molar-refractivity contribution in [1.82, 2.24) is 12.9 Å². The highest BCUT2D eigenvalue weighted by Crippen LogP contribution is 2.50. The highest BCUT2D eigenvalue weighted by Gasteiger charge is 2.37. The van der Waals surface area contributed by atoms with E-state index in [1.165, 1.54) is 127 Å². The van der Waals surface area contributed by atoms with Gasteiger partial charge in [-0.05, 0) is 254 Å². The standard InChI is InChI=1S/C24H24N2O3S2.C21H27N3O5S2.C20H27N3O4S2.C19H23N3O5S2.C17H17ClN2O5S2/c27-31(28)23-13-12-19(30-17-18-8-3-1-4-9-18)16-22(23)29-21-11-7-10-20(24(21)25-31)26-14-5-2-6-15-26;1-16(25)17-12-14-24(15-13-17)21-7-5-4-6-20(21)22-30(26,27)18-8-10-19(11-9-18)31(28,29)23(2)3;1-16-12-14-23(15-13-16)20-7-5-4-6-19(20)21-28(24,25)17-8-10-18(11-9-17)29(26,27)22(2)3;1-21(2)29(25,26)14-9-10-18-17(13-14)27-16-8-6-7-15(19(16)20-28(18,23)24)22-11-4-3-5-12-22;18-26(21,22)12-7-8-16-15(11-12)25-14-6-4-5-13(17(14)19-27(16,23)24)20-9-2-1-3-10-20/h1,3-4,7-13,16,25H,2,5-6,14-15,17H2;4-11,17,22H,12-15H2,1-3H3;4-11,16,21H,12-15H2,1-3H3;6-10,13,20H,3-5,11-12H2,1-2H3;4-8,11,19H,1-3,9-10H2. The second-order valence-electron chi connectivity index (χ2n) is 36.8. The number of Topliss-reactive ketones (excluding diaryl/α,β-unsaturated/α-hetero) is 1. The number of hydrogen-bond acceptors (Lipinski definition) is 28. The van der Waals surface area contributed by atoms with Crippen molar-refractivity contribution in [2.24, 2.45) is 11.8 Å². The van der Waals surface area contributed by atoms with Gasteiger partial charge in [-0.2, -0.15) is 0 Å². The summed E-state index contributed by atoms with van der Waals surface area (Å²) in [7, 11) is -20.5. The van der Waals surface area contributed by atoms with Gasteiger partial charge in [0.2, 0.25) is 30.1 Å². The molecule has 11 aromatic carbocycles. The summed E-state index contributed by atoms with van der Waals surface area (Å²) < 4.78 is 261. The molecule has 46 heteroatoms. The molecule has 19 rings (SSSR count). The molecule has 147 heavy (non-hydrogen) atoms. The summed E-state index contributed by atoms with van der Waals surface area (Å²) >= 11 is 1.66. The summed E-state index contributed by atoms with van der Waals surface area (Å²) in [5.74, 6) is 3.17. The Labute approximate surface area is 871 Å². The molecular formula is C101H118ClN13O22S10. The van der Waals surface area contributed by atoms with Crippen LogP contribution in [-0.2, 0) is 99.8 Å². The van der Waals surface area contributed by atoms with Gasteiger partial charge in [0.25, 0.3) is 59.2 Å². The molecule has 8 aliphatic heterocycles. The van der Waals surface area contributed by atoms with Gasteiger partial charge >= 0.3 is 0 Å². The van der Waals surface area contributed by atoms with Crippen molar-refractivity contribution in [2.45, 2.75) is 152 Å². The van der Waals surface area contributed by atoms with E-state index in [1.54, 1.807) is 67.2 Å². The Morgan fingerprint density at radius 2 is 0.660 bits per heavy atom. The quantitative estimate of drug-likeness (QED) is 0.0311.